The van der Waals surface area contributed by atoms with Gasteiger partial charge in [0.15, 0.2) is 5.16 Å². The molecule has 4 nitrogen and oxygen atoms in total. The summed E-state index contributed by atoms with van der Waals surface area (Å²) in [7, 11) is 1.35. The van der Waals surface area contributed by atoms with Gasteiger partial charge in [-0.2, -0.15) is 0 Å². The Balaban J connectivity index is 2.55. The lowest BCUT2D eigenvalue weighted by Crippen LogP contribution is -2.01. The molecule has 0 fully saturated rings. The van der Waals surface area contributed by atoms with Gasteiger partial charge in [-0.05, 0) is 5.92 Å². The molecule has 1 aromatic heterocycles. The van der Waals surface area contributed by atoms with E-state index in [1.807, 2.05) is 0 Å². The van der Waals surface area contributed by atoms with E-state index in [0.29, 0.717) is 11.6 Å². The molecule has 0 unspecified atom stereocenters. The molecule has 0 saturated carbocycles. The van der Waals surface area contributed by atoms with E-state index in [2.05, 4.69) is 28.6 Å². The topological polar surface area (TPSA) is 55.0 Å². The molecule has 1 N–H and O–H groups in total. The lowest BCUT2D eigenvalue weighted by molar-refractivity contribution is 0.0594. The van der Waals surface area contributed by atoms with Gasteiger partial charge in [0.05, 0.1) is 13.3 Å². The van der Waals surface area contributed by atoms with Gasteiger partial charge in [0.25, 0.3) is 0 Å². The van der Waals surface area contributed by atoms with E-state index in [4.69, 9.17) is 0 Å². The number of carbonyl (C=O) groups excluding carboxylic acids is 1. The van der Waals surface area contributed by atoms with E-state index in [1.165, 1.54) is 13.3 Å². The lowest BCUT2D eigenvalue weighted by Gasteiger charge is -2.00. The molecule has 14 heavy (non-hydrogen) atoms. The van der Waals surface area contributed by atoms with Crippen LogP contribution in [0.15, 0.2) is 11.4 Å². The maximum absolute atomic E-state index is 11.1. The van der Waals surface area contributed by atoms with Crippen molar-refractivity contribution in [2.75, 3.05) is 12.9 Å². The fraction of sp³-hybridized carbons (Fsp3) is 0.556. The highest BCUT2D eigenvalue weighted by molar-refractivity contribution is 7.99. The van der Waals surface area contributed by atoms with Crippen LogP contribution in [0.4, 0.5) is 0 Å². The number of H-pyrrole nitrogens is 1. The molecule has 0 amide bonds. The zero-order valence-corrected chi connectivity index (χ0v) is 9.35. The number of nitrogens with one attached hydrogen (secondary N) is 1. The van der Waals surface area contributed by atoms with Crippen LogP contribution in [0.3, 0.4) is 0 Å². The van der Waals surface area contributed by atoms with Crippen molar-refractivity contribution < 1.29 is 9.53 Å². The first kappa shape index (κ1) is 11.1. The summed E-state index contributed by atoms with van der Waals surface area (Å²) >= 11 is 1.60. The number of rotatable bonds is 4. The molecule has 0 saturated heterocycles. The highest BCUT2D eigenvalue weighted by Gasteiger charge is 2.09. The highest BCUT2D eigenvalue weighted by atomic mass is 32.2. The molecule has 1 rings (SSSR count). The minimum atomic E-state index is -0.381. The van der Waals surface area contributed by atoms with Crippen molar-refractivity contribution in [3.63, 3.8) is 0 Å². The van der Waals surface area contributed by atoms with E-state index in [1.54, 1.807) is 11.8 Å². The first-order valence-corrected chi connectivity index (χ1v) is 5.38. The number of thioether (sulfide) groups is 1. The molecule has 1 heterocycles. The Bertz CT molecular complexity index is 310. The second-order valence-electron chi connectivity index (χ2n) is 3.30. The van der Waals surface area contributed by atoms with Gasteiger partial charge >= 0.3 is 5.97 Å². The molecule has 0 bridgehead atoms. The quantitative estimate of drug-likeness (QED) is 0.614. The number of hydrogen-bond acceptors (Lipinski definition) is 4. The van der Waals surface area contributed by atoms with E-state index in [-0.39, 0.29) is 5.97 Å². The number of methoxy groups -OCH3 is 1. The van der Waals surface area contributed by atoms with Gasteiger partial charge in [-0.25, -0.2) is 9.78 Å². The first-order chi connectivity index (χ1) is 6.63. The molecule has 1 aromatic rings. The van der Waals surface area contributed by atoms with E-state index >= 15 is 0 Å². The van der Waals surface area contributed by atoms with Crippen LogP contribution in [-0.4, -0.2) is 28.8 Å². The van der Waals surface area contributed by atoms with E-state index in [0.717, 1.165) is 10.9 Å². The molecular weight excluding hydrogens is 200 g/mol. The Hall–Kier alpha value is -0.970. The van der Waals surface area contributed by atoms with Gasteiger partial charge < -0.3 is 9.72 Å². The Morgan fingerprint density at radius 2 is 2.43 bits per heavy atom. The summed E-state index contributed by atoms with van der Waals surface area (Å²) in [6, 6.07) is 0. The zero-order chi connectivity index (χ0) is 10.6. The molecule has 0 aliphatic carbocycles. The average molecular weight is 214 g/mol. The van der Waals surface area contributed by atoms with Crippen molar-refractivity contribution in [1.29, 1.82) is 0 Å². The Labute approximate surface area is 87.4 Å². The summed E-state index contributed by atoms with van der Waals surface area (Å²) < 4.78 is 4.56. The maximum Gasteiger partial charge on any atom is 0.356 e. The van der Waals surface area contributed by atoms with Crippen LogP contribution in [0, 0.1) is 5.92 Å². The third kappa shape index (κ3) is 3.06. The second kappa shape index (κ2) is 5.05. The second-order valence-corrected chi connectivity index (χ2v) is 4.31. The molecular formula is C9H14N2O2S. The van der Waals surface area contributed by atoms with Crippen LogP contribution < -0.4 is 0 Å². The monoisotopic (exact) mass is 214 g/mol. The van der Waals surface area contributed by atoms with Crippen molar-refractivity contribution in [1.82, 2.24) is 9.97 Å². The fourth-order valence-corrected chi connectivity index (χ4v) is 1.64. The standard InChI is InChI=1S/C9H14N2O2S/c1-6(2)5-14-9-10-4-7(11-9)8(12)13-3/h4,6H,5H2,1-3H3,(H,10,11). The maximum atomic E-state index is 11.1. The van der Waals surface area contributed by atoms with Gasteiger partial charge in [-0.3, -0.25) is 0 Å². The van der Waals surface area contributed by atoms with Crippen molar-refractivity contribution in [3.05, 3.63) is 11.9 Å². The normalized spacial score (nSPS) is 10.6. The summed E-state index contributed by atoms with van der Waals surface area (Å²) in [6.45, 7) is 4.27. The van der Waals surface area contributed by atoms with Gasteiger partial charge in [0, 0.05) is 5.75 Å². The summed E-state index contributed by atoms with van der Waals surface area (Å²) in [6.07, 6.45) is 1.49. The van der Waals surface area contributed by atoms with Crippen LogP contribution in [0.2, 0.25) is 0 Å². The number of aromatic amines is 1. The minimum Gasteiger partial charge on any atom is -0.464 e. The first-order valence-electron chi connectivity index (χ1n) is 4.39. The molecule has 0 aromatic carbocycles. The minimum absolute atomic E-state index is 0.381. The van der Waals surface area contributed by atoms with Crippen LogP contribution in [-0.2, 0) is 4.74 Å². The molecule has 0 atom stereocenters. The molecule has 5 heteroatoms. The van der Waals surface area contributed by atoms with Crippen molar-refractivity contribution in [2.45, 2.75) is 19.0 Å². The van der Waals surface area contributed by atoms with Crippen molar-refractivity contribution >= 4 is 17.7 Å². The van der Waals surface area contributed by atoms with Crippen molar-refractivity contribution in [3.8, 4) is 0 Å². The number of hydrogen-bond donors (Lipinski definition) is 1. The third-order valence-electron chi connectivity index (χ3n) is 1.51. The van der Waals surface area contributed by atoms with Crippen LogP contribution in [0.5, 0.6) is 0 Å². The van der Waals surface area contributed by atoms with Gasteiger partial charge in [-0.1, -0.05) is 25.6 Å². The number of carbonyl (C=O) groups is 1. The average Bonchev–Trinajstić information content (AvgIpc) is 2.62. The van der Waals surface area contributed by atoms with Crippen LogP contribution in [0.1, 0.15) is 24.3 Å². The molecule has 78 valence electrons. The Morgan fingerprint density at radius 3 is 3.00 bits per heavy atom. The number of nitrogens with zero attached hydrogens (tertiary/aromatic N) is 1. The number of esters is 1. The highest BCUT2D eigenvalue weighted by Crippen LogP contribution is 2.17. The lowest BCUT2D eigenvalue weighted by atomic mass is 10.3. The number of ether oxygens (including phenoxy) is 1. The molecule has 0 radical (unpaired) electrons. The number of aromatic nitrogens is 2. The molecule has 0 aliphatic rings. The Kier molecular flexibility index (Phi) is 4.00. The van der Waals surface area contributed by atoms with Gasteiger partial charge in [-0.15, -0.1) is 0 Å². The summed E-state index contributed by atoms with van der Waals surface area (Å²) in [4.78, 5) is 18.0. The zero-order valence-electron chi connectivity index (χ0n) is 8.53. The number of imidazole rings is 1. The predicted molar refractivity (Wildman–Crippen MR) is 55.5 cm³/mol. The van der Waals surface area contributed by atoms with Crippen molar-refractivity contribution in [2.24, 2.45) is 5.92 Å². The van der Waals surface area contributed by atoms with E-state index < -0.39 is 0 Å². The van der Waals surface area contributed by atoms with Gasteiger partial charge in [0.2, 0.25) is 0 Å². The SMILES string of the molecule is COC(=O)c1cnc(SCC(C)C)[nH]1. The Morgan fingerprint density at radius 1 is 1.71 bits per heavy atom. The van der Waals surface area contributed by atoms with Crippen LogP contribution in [0.25, 0.3) is 0 Å². The molecule has 0 spiro atoms. The predicted octanol–water partition coefficient (Wildman–Crippen LogP) is 1.94. The van der Waals surface area contributed by atoms with Gasteiger partial charge in [0.1, 0.15) is 5.69 Å². The van der Waals surface area contributed by atoms with E-state index in [9.17, 15) is 4.79 Å². The fourth-order valence-electron chi connectivity index (χ4n) is 0.836. The molecule has 0 aliphatic heterocycles. The largest absolute Gasteiger partial charge is 0.464 e. The smallest absolute Gasteiger partial charge is 0.356 e. The van der Waals surface area contributed by atoms with Crippen LogP contribution >= 0.6 is 11.8 Å². The summed E-state index contributed by atoms with van der Waals surface area (Å²) in [5.74, 6) is 1.20. The summed E-state index contributed by atoms with van der Waals surface area (Å²) in [5.41, 5.74) is 0.402. The third-order valence-corrected chi connectivity index (χ3v) is 2.83. The summed E-state index contributed by atoms with van der Waals surface area (Å²) in [5, 5.41) is 0.763.